The van der Waals surface area contributed by atoms with Crippen LogP contribution in [0.4, 0.5) is 26.3 Å². The summed E-state index contributed by atoms with van der Waals surface area (Å²) in [7, 11) is 0. The highest BCUT2D eigenvalue weighted by molar-refractivity contribution is 5.83. The number of aryl methyl sites for hydroxylation is 1. The summed E-state index contributed by atoms with van der Waals surface area (Å²) in [6.07, 6.45) is -8.95. The maximum Gasteiger partial charge on any atom is 0.417 e. The molecule has 1 saturated carbocycles. The molecule has 5 nitrogen and oxygen atoms in total. The Morgan fingerprint density at radius 1 is 0.878 bits per heavy atom. The van der Waals surface area contributed by atoms with E-state index in [1.165, 1.54) is 30.3 Å². The number of halogens is 6. The monoisotopic (exact) mass is 696 g/mol. The van der Waals surface area contributed by atoms with E-state index in [0.717, 1.165) is 25.3 Å². The topological polar surface area (TPSA) is 65.7 Å². The Morgan fingerprint density at radius 3 is 2.14 bits per heavy atom. The van der Waals surface area contributed by atoms with Crippen molar-refractivity contribution in [1.82, 2.24) is 0 Å². The van der Waals surface area contributed by atoms with Crippen molar-refractivity contribution in [3.63, 3.8) is 0 Å². The summed E-state index contributed by atoms with van der Waals surface area (Å²) in [5.74, 6) is -3.42. The highest BCUT2D eigenvalue weighted by Crippen LogP contribution is 2.45. The zero-order valence-electron chi connectivity index (χ0n) is 29.1. The van der Waals surface area contributed by atoms with Crippen molar-refractivity contribution in [3.05, 3.63) is 64.0 Å². The number of carbonyl (C=O) groups excluding carboxylic acids is 1. The third kappa shape index (κ3) is 9.60. The van der Waals surface area contributed by atoms with Gasteiger partial charge in [0.05, 0.1) is 17.0 Å². The fraction of sp³-hybridized carbons (Fsp3) is 0.579. The predicted molar refractivity (Wildman–Crippen MR) is 176 cm³/mol. The summed E-state index contributed by atoms with van der Waals surface area (Å²) in [6, 6.07) is 9.21. The Kier molecular flexibility index (Phi) is 11.2. The molecular formula is C38H46F6O5. The van der Waals surface area contributed by atoms with Crippen LogP contribution in [0.2, 0.25) is 0 Å². The van der Waals surface area contributed by atoms with Crippen LogP contribution in [0.3, 0.4) is 0 Å². The van der Waals surface area contributed by atoms with Gasteiger partial charge in [-0.2, -0.15) is 26.3 Å². The van der Waals surface area contributed by atoms with Crippen molar-refractivity contribution in [2.75, 3.05) is 0 Å². The first kappa shape index (κ1) is 38.3. The van der Waals surface area contributed by atoms with E-state index in [1.54, 1.807) is 6.07 Å². The third-order valence-corrected chi connectivity index (χ3v) is 9.07. The van der Waals surface area contributed by atoms with Crippen molar-refractivity contribution in [1.29, 1.82) is 0 Å². The molecule has 0 saturated heterocycles. The molecule has 0 radical (unpaired) electrons. The van der Waals surface area contributed by atoms with E-state index in [-0.39, 0.29) is 46.1 Å². The standard InChI is InChI=1S/C38H46F6O5/c1-8-9-10-11-22-12-15-25(27(18-22)37(39,40)41)26-19-23-13-14-24(20-31(23)49-33(26)45)47-29-16-17-30(32(29)38(42,43)44)48-34(46)28(36(5,6)7)21-35(2,3)4/h12-15,18-20,28-30,32H,8-11,16-17,21H2,1-7H3. The van der Waals surface area contributed by atoms with Crippen LogP contribution < -0.4 is 10.4 Å². The van der Waals surface area contributed by atoms with Crippen molar-refractivity contribution in [2.24, 2.45) is 22.7 Å². The molecule has 1 aliphatic carbocycles. The number of hydrogen-bond donors (Lipinski definition) is 0. The number of esters is 1. The zero-order chi connectivity index (χ0) is 36.5. The lowest BCUT2D eigenvalue weighted by atomic mass is 9.72. The van der Waals surface area contributed by atoms with Gasteiger partial charge in [-0.1, -0.05) is 73.4 Å². The molecule has 1 fully saturated rings. The predicted octanol–water partition coefficient (Wildman–Crippen LogP) is 10.9. The van der Waals surface area contributed by atoms with Gasteiger partial charge in [0, 0.05) is 17.0 Å². The summed E-state index contributed by atoms with van der Waals surface area (Å²) < 4.78 is 102. The molecular weight excluding hydrogens is 650 g/mol. The van der Waals surface area contributed by atoms with Crippen LogP contribution in [0.25, 0.3) is 22.1 Å². The molecule has 270 valence electrons. The van der Waals surface area contributed by atoms with Crippen LogP contribution in [0.1, 0.15) is 98.1 Å². The quantitative estimate of drug-likeness (QED) is 0.0914. The first-order valence-corrected chi connectivity index (χ1v) is 16.8. The second-order valence-corrected chi connectivity index (χ2v) is 15.4. The van der Waals surface area contributed by atoms with Gasteiger partial charge in [0.15, 0.2) is 0 Å². The number of unbranched alkanes of at least 4 members (excludes halogenated alkanes) is 2. The molecule has 1 heterocycles. The zero-order valence-corrected chi connectivity index (χ0v) is 29.1. The maximum atomic E-state index is 14.4. The molecule has 0 spiro atoms. The van der Waals surface area contributed by atoms with Gasteiger partial charge in [0.25, 0.3) is 0 Å². The minimum absolute atomic E-state index is 0.0256. The van der Waals surface area contributed by atoms with E-state index >= 15 is 0 Å². The van der Waals surface area contributed by atoms with Crippen LogP contribution in [-0.4, -0.2) is 24.4 Å². The number of benzene rings is 2. The highest BCUT2D eigenvalue weighted by Gasteiger charge is 2.56. The Bertz CT molecular complexity index is 1680. The Balaban J connectivity index is 1.59. The van der Waals surface area contributed by atoms with Gasteiger partial charge < -0.3 is 13.9 Å². The lowest BCUT2D eigenvalue weighted by molar-refractivity contribution is -0.218. The number of carbonyl (C=O) groups is 1. The summed E-state index contributed by atoms with van der Waals surface area (Å²) >= 11 is 0. The summed E-state index contributed by atoms with van der Waals surface area (Å²) in [4.78, 5) is 26.3. The molecule has 0 N–H and O–H groups in total. The molecule has 0 bridgehead atoms. The Morgan fingerprint density at radius 2 is 1.55 bits per heavy atom. The number of fused-ring (bicyclic) bond motifs is 1. The molecule has 49 heavy (non-hydrogen) atoms. The minimum atomic E-state index is -4.74. The molecule has 3 aromatic rings. The molecule has 4 unspecified atom stereocenters. The molecule has 1 aromatic heterocycles. The fourth-order valence-electron chi connectivity index (χ4n) is 6.52. The molecule has 2 aromatic carbocycles. The largest absolute Gasteiger partial charge is 0.489 e. The first-order valence-electron chi connectivity index (χ1n) is 16.8. The molecule has 4 atom stereocenters. The van der Waals surface area contributed by atoms with Gasteiger partial charge in [-0.05, 0) is 72.8 Å². The van der Waals surface area contributed by atoms with Crippen molar-refractivity contribution in [2.45, 2.75) is 118 Å². The van der Waals surface area contributed by atoms with E-state index in [1.807, 2.05) is 48.5 Å². The molecule has 0 amide bonds. The van der Waals surface area contributed by atoms with Crippen molar-refractivity contribution in [3.8, 4) is 16.9 Å². The lowest BCUT2D eigenvalue weighted by Crippen LogP contribution is -2.43. The third-order valence-electron chi connectivity index (χ3n) is 9.07. The van der Waals surface area contributed by atoms with Gasteiger partial charge in [0.2, 0.25) is 0 Å². The average molecular weight is 697 g/mol. The molecule has 4 rings (SSSR count). The van der Waals surface area contributed by atoms with Gasteiger partial charge in [-0.3, -0.25) is 4.79 Å². The van der Waals surface area contributed by atoms with Crippen LogP contribution in [-0.2, 0) is 22.1 Å². The number of hydrogen-bond acceptors (Lipinski definition) is 5. The van der Waals surface area contributed by atoms with Crippen LogP contribution in [0.15, 0.2) is 51.7 Å². The summed E-state index contributed by atoms with van der Waals surface area (Å²) in [5.41, 5.74) is -2.93. The van der Waals surface area contributed by atoms with Crippen molar-refractivity contribution < 1.29 is 45.0 Å². The summed E-state index contributed by atoms with van der Waals surface area (Å²) in [6.45, 7) is 13.4. The van der Waals surface area contributed by atoms with Crippen LogP contribution in [0.5, 0.6) is 5.75 Å². The van der Waals surface area contributed by atoms with Gasteiger partial charge >= 0.3 is 23.9 Å². The van der Waals surface area contributed by atoms with Crippen LogP contribution >= 0.6 is 0 Å². The maximum absolute atomic E-state index is 14.4. The number of alkyl halides is 6. The molecule has 1 aliphatic rings. The van der Waals surface area contributed by atoms with Gasteiger partial charge in [-0.15, -0.1) is 0 Å². The lowest BCUT2D eigenvalue weighted by Gasteiger charge is -2.35. The van der Waals surface area contributed by atoms with E-state index < -0.39 is 59.0 Å². The van der Waals surface area contributed by atoms with Crippen molar-refractivity contribution >= 4 is 16.9 Å². The first-order chi connectivity index (χ1) is 22.6. The SMILES string of the molecule is CCCCCc1ccc(-c2cc3ccc(OC4CCC(OC(=O)C(CC(C)(C)C)C(C)(C)C)C4C(F)(F)F)cc3oc2=O)c(C(F)(F)F)c1. The Hall–Kier alpha value is -3.50. The number of ether oxygens (including phenoxy) is 2. The minimum Gasteiger partial charge on any atom is -0.489 e. The average Bonchev–Trinajstić information content (AvgIpc) is 3.36. The fourth-order valence-corrected chi connectivity index (χ4v) is 6.52. The normalized spacial score (nSPS) is 19.7. The van der Waals surface area contributed by atoms with Crippen LogP contribution in [0, 0.1) is 22.7 Å². The van der Waals surface area contributed by atoms with E-state index in [4.69, 9.17) is 13.9 Å². The van der Waals surface area contributed by atoms with Gasteiger partial charge in [0.1, 0.15) is 29.5 Å². The summed E-state index contributed by atoms with van der Waals surface area (Å²) in [5, 5.41) is 0.264. The van der Waals surface area contributed by atoms with Gasteiger partial charge in [-0.25, -0.2) is 4.79 Å². The molecule has 0 aliphatic heterocycles. The second kappa shape index (κ2) is 14.4. The highest BCUT2D eigenvalue weighted by atomic mass is 19.4. The van der Waals surface area contributed by atoms with E-state index in [0.29, 0.717) is 18.4 Å². The number of rotatable bonds is 10. The Labute approximate surface area is 283 Å². The molecule has 11 heteroatoms. The smallest absolute Gasteiger partial charge is 0.417 e. The second-order valence-electron chi connectivity index (χ2n) is 15.4. The van der Waals surface area contributed by atoms with E-state index in [9.17, 15) is 35.9 Å². The van der Waals surface area contributed by atoms with E-state index in [2.05, 4.69) is 0 Å².